The van der Waals surface area contributed by atoms with Crippen LogP contribution in [0.1, 0.15) is 30.6 Å². The molecule has 1 unspecified atom stereocenters. The van der Waals surface area contributed by atoms with Crippen molar-refractivity contribution in [1.29, 1.82) is 0 Å². The Morgan fingerprint density at radius 1 is 1.43 bits per heavy atom. The minimum absolute atomic E-state index is 0.653. The van der Waals surface area contributed by atoms with Crippen LogP contribution >= 0.6 is 0 Å². The highest BCUT2D eigenvalue weighted by Crippen LogP contribution is 2.23. The minimum Gasteiger partial charge on any atom is -0.460 e. The third-order valence-electron chi connectivity index (χ3n) is 4.32. The average molecular weight is 288 g/mol. The van der Waals surface area contributed by atoms with E-state index in [9.17, 15) is 0 Å². The van der Waals surface area contributed by atoms with Gasteiger partial charge in [-0.05, 0) is 45.5 Å². The van der Waals surface area contributed by atoms with Crippen LogP contribution in [-0.2, 0) is 6.54 Å². The second-order valence-corrected chi connectivity index (χ2v) is 5.94. The van der Waals surface area contributed by atoms with E-state index < -0.39 is 0 Å². The Kier molecular flexibility index (Phi) is 4.41. The second kappa shape index (κ2) is 6.45. The van der Waals surface area contributed by atoms with Crippen molar-refractivity contribution in [3.63, 3.8) is 0 Å². The summed E-state index contributed by atoms with van der Waals surface area (Å²) in [5, 5.41) is 10.8. The van der Waals surface area contributed by atoms with Gasteiger partial charge >= 0.3 is 0 Å². The number of hydrogen-bond acceptors (Lipinski definition) is 4. The van der Waals surface area contributed by atoms with Crippen LogP contribution in [0, 0.1) is 6.92 Å². The molecular formula is C16H24N4O. The van der Waals surface area contributed by atoms with Crippen molar-refractivity contribution < 1.29 is 4.42 Å². The van der Waals surface area contributed by atoms with Gasteiger partial charge in [0.05, 0.1) is 6.20 Å². The lowest BCUT2D eigenvalue weighted by molar-refractivity contribution is 0.181. The Balaban J connectivity index is 1.57. The fraction of sp³-hybridized carbons (Fsp3) is 0.562. The molecule has 3 heterocycles. The molecule has 2 aromatic heterocycles. The summed E-state index contributed by atoms with van der Waals surface area (Å²) in [7, 11) is 2.22. The lowest BCUT2D eigenvalue weighted by atomic mass is 10.0. The van der Waals surface area contributed by atoms with Crippen molar-refractivity contribution in [2.24, 2.45) is 0 Å². The molecule has 0 spiro atoms. The molecular weight excluding hydrogens is 264 g/mol. The van der Waals surface area contributed by atoms with E-state index in [1.54, 1.807) is 0 Å². The lowest BCUT2D eigenvalue weighted by Crippen LogP contribution is -2.42. The number of aromatic amines is 1. The molecule has 1 aliphatic rings. The highest BCUT2D eigenvalue weighted by molar-refractivity contribution is 5.56. The maximum Gasteiger partial charge on any atom is 0.152 e. The molecule has 5 heteroatoms. The van der Waals surface area contributed by atoms with Crippen LogP contribution in [0.5, 0.6) is 0 Å². The van der Waals surface area contributed by atoms with Gasteiger partial charge in [-0.25, -0.2) is 0 Å². The van der Waals surface area contributed by atoms with Crippen LogP contribution in [-0.4, -0.2) is 41.3 Å². The Labute approximate surface area is 125 Å². The van der Waals surface area contributed by atoms with Gasteiger partial charge in [-0.3, -0.25) is 5.10 Å². The number of nitrogens with one attached hydrogen (secondary N) is 2. The first-order valence-corrected chi connectivity index (χ1v) is 7.74. The van der Waals surface area contributed by atoms with E-state index in [4.69, 9.17) is 4.42 Å². The molecule has 1 aliphatic heterocycles. The van der Waals surface area contributed by atoms with E-state index in [-0.39, 0.29) is 0 Å². The number of likely N-dealkylation sites (tertiary alicyclic amines) is 1. The first kappa shape index (κ1) is 14.4. The van der Waals surface area contributed by atoms with Crippen molar-refractivity contribution >= 4 is 0 Å². The molecule has 5 nitrogen and oxygen atoms in total. The average Bonchev–Trinajstić information content (AvgIpc) is 3.09. The molecule has 114 valence electrons. The Morgan fingerprint density at radius 2 is 2.33 bits per heavy atom. The summed E-state index contributed by atoms with van der Waals surface area (Å²) < 4.78 is 5.67. The summed E-state index contributed by atoms with van der Waals surface area (Å²) in [5.41, 5.74) is 2.13. The number of aromatic nitrogens is 2. The summed E-state index contributed by atoms with van der Waals surface area (Å²) >= 11 is 0. The summed E-state index contributed by atoms with van der Waals surface area (Å²) in [6, 6.07) is 4.62. The van der Waals surface area contributed by atoms with Crippen molar-refractivity contribution in [2.75, 3.05) is 20.1 Å². The number of H-pyrrole nitrogens is 1. The van der Waals surface area contributed by atoms with Crippen LogP contribution in [0.25, 0.3) is 11.5 Å². The zero-order valence-electron chi connectivity index (χ0n) is 12.9. The van der Waals surface area contributed by atoms with Crippen LogP contribution in [0.4, 0.5) is 0 Å². The summed E-state index contributed by atoms with van der Waals surface area (Å²) in [5.74, 6) is 1.78. The van der Waals surface area contributed by atoms with Gasteiger partial charge < -0.3 is 14.6 Å². The standard InChI is InChI=1S/C16H24N4O/c1-12-6-7-15(21-12)16-13(10-18-19-16)9-17-11-14-5-3-4-8-20(14)2/h6-7,10,14,17H,3-5,8-9,11H2,1-2H3,(H,18,19). The first-order valence-electron chi connectivity index (χ1n) is 7.74. The van der Waals surface area contributed by atoms with Crippen molar-refractivity contribution in [1.82, 2.24) is 20.4 Å². The van der Waals surface area contributed by atoms with Crippen molar-refractivity contribution in [3.8, 4) is 11.5 Å². The molecule has 0 radical (unpaired) electrons. The van der Waals surface area contributed by atoms with Crippen LogP contribution in [0.3, 0.4) is 0 Å². The molecule has 0 aromatic carbocycles. The molecule has 0 saturated carbocycles. The minimum atomic E-state index is 0.653. The number of rotatable bonds is 5. The van der Waals surface area contributed by atoms with Gasteiger partial charge in [0.1, 0.15) is 11.5 Å². The van der Waals surface area contributed by atoms with Crippen molar-refractivity contribution in [3.05, 3.63) is 29.7 Å². The molecule has 2 aromatic rings. The maximum absolute atomic E-state index is 5.67. The fourth-order valence-corrected chi connectivity index (χ4v) is 3.00. The zero-order chi connectivity index (χ0) is 14.7. The number of piperidine rings is 1. The third-order valence-corrected chi connectivity index (χ3v) is 4.32. The summed E-state index contributed by atoms with van der Waals surface area (Å²) in [6.07, 6.45) is 5.85. The van der Waals surface area contributed by atoms with E-state index in [0.29, 0.717) is 6.04 Å². The van der Waals surface area contributed by atoms with Crippen molar-refractivity contribution in [2.45, 2.75) is 38.8 Å². The number of hydrogen-bond donors (Lipinski definition) is 2. The molecule has 0 aliphatic carbocycles. The first-order chi connectivity index (χ1) is 10.2. The quantitative estimate of drug-likeness (QED) is 0.888. The highest BCUT2D eigenvalue weighted by Gasteiger charge is 2.18. The zero-order valence-corrected chi connectivity index (χ0v) is 12.9. The van der Waals surface area contributed by atoms with Gasteiger partial charge in [0, 0.05) is 24.7 Å². The molecule has 1 fully saturated rings. The molecule has 1 saturated heterocycles. The number of likely N-dealkylation sites (N-methyl/N-ethyl adjacent to an activating group) is 1. The SMILES string of the molecule is Cc1ccc(-c2[nH]ncc2CNCC2CCCCN2C)o1. The van der Waals surface area contributed by atoms with Gasteiger partial charge in [-0.1, -0.05) is 6.42 Å². The van der Waals surface area contributed by atoms with Crippen LogP contribution in [0.15, 0.2) is 22.7 Å². The smallest absolute Gasteiger partial charge is 0.152 e. The number of aryl methyl sites for hydroxylation is 1. The van der Waals surface area contributed by atoms with E-state index in [1.165, 1.54) is 25.8 Å². The van der Waals surface area contributed by atoms with Gasteiger partial charge in [-0.2, -0.15) is 5.10 Å². The molecule has 3 rings (SSSR count). The van der Waals surface area contributed by atoms with Crippen LogP contribution in [0.2, 0.25) is 0 Å². The van der Waals surface area contributed by atoms with E-state index in [2.05, 4.69) is 27.5 Å². The monoisotopic (exact) mass is 288 g/mol. The largest absolute Gasteiger partial charge is 0.460 e. The molecule has 2 N–H and O–H groups in total. The van der Waals surface area contributed by atoms with E-state index >= 15 is 0 Å². The predicted molar refractivity (Wildman–Crippen MR) is 83.0 cm³/mol. The van der Waals surface area contributed by atoms with E-state index in [1.807, 2.05) is 25.3 Å². The van der Waals surface area contributed by atoms with Gasteiger partial charge in [-0.15, -0.1) is 0 Å². The van der Waals surface area contributed by atoms with Gasteiger partial charge in [0.15, 0.2) is 5.76 Å². The lowest BCUT2D eigenvalue weighted by Gasteiger charge is -2.32. The highest BCUT2D eigenvalue weighted by atomic mass is 16.3. The molecule has 0 amide bonds. The normalized spacial score (nSPS) is 20.0. The topological polar surface area (TPSA) is 57.1 Å². The second-order valence-electron chi connectivity index (χ2n) is 5.94. The Morgan fingerprint density at radius 3 is 3.10 bits per heavy atom. The summed E-state index contributed by atoms with van der Waals surface area (Å²) in [6.45, 7) is 5.01. The Hall–Kier alpha value is -1.59. The van der Waals surface area contributed by atoms with Gasteiger partial charge in [0.2, 0.25) is 0 Å². The maximum atomic E-state index is 5.67. The fourth-order valence-electron chi connectivity index (χ4n) is 3.00. The Bertz CT molecular complexity index is 574. The molecule has 1 atom stereocenters. The predicted octanol–water partition coefficient (Wildman–Crippen LogP) is 2.55. The van der Waals surface area contributed by atoms with E-state index in [0.717, 1.165) is 35.9 Å². The number of nitrogens with zero attached hydrogens (tertiary/aromatic N) is 2. The number of furan rings is 1. The van der Waals surface area contributed by atoms with Crippen LogP contribution < -0.4 is 5.32 Å². The molecule has 0 bridgehead atoms. The molecule has 21 heavy (non-hydrogen) atoms. The summed E-state index contributed by atoms with van der Waals surface area (Å²) in [4.78, 5) is 2.46. The van der Waals surface area contributed by atoms with Gasteiger partial charge in [0.25, 0.3) is 0 Å². The third kappa shape index (κ3) is 3.36.